The lowest BCUT2D eigenvalue weighted by Crippen LogP contribution is -2.27. The molecule has 1 amide bonds. The maximum atomic E-state index is 13.5. The van der Waals surface area contributed by atoms with Crippen LogP contribution in [0.3, 0.4) is 0 Å². The SMILES string of the molecule is CC(NC(=O)CCC1CCNC1)c1c(Cl)ccc(F)c1Cl.Cl. The highest BCUT2D eigenvalue weighted by Gasteiger charge is 2.20. The van der Waals surface area contributed by atoms with Crippen LogP contribution in [0.25, 0.3) is 0 Å². The second-order valence-corrected chi connectivity index (χ2v) is 6.23. The molecule has 1 saturated heterocycles. The molecule has 1 heterocycles. The molecule has 1 aromatic carbocycles. The molecule has 7 heteroatoms. The van der Waals surface area contributed by atoms with Crippen molar-refractivity contribution in [3.8, 4) is 0 Å². The lowest BCUT2D eigenvalue weighted by atomic mass is 10.0. The number of halogens is 4. The van der Waals surface area contributed by atoms with Crippen molar-refractivity contribution in [1.82, 2.24) is 10.6 Å². The molecule has 2 N–H and O–H groups in total. The zero-order chi connectivity index (χ0) is 15.4. The molecule has 0 bridgehead atoms. The highest BCUT2D eigenvalue weighted by atomic mass is 35.5. The Bertz CT molecular complexity index is 522. The molecule has 2 atom stereocenters. The fourth-order valence-corrected chi connectivity index (χ4v) is 3.32. The molecule has 124 valence electrons. The average molecular weight is 370 g/mol. The maximum absolute atomic E-state index is 13.5. The summed E-state index contributed by atoms with van der Waals surface area (Å²) in [7, 11) is 0. The van der Waals surface area contributed by atoms with Gasteiger partial charge in [-0.25, -0.2) is 4.39 Å². The highest BCUT2D eigenvalue weighted by molar-refractivity contribution is 6.36. The van der Waals surface area contributed by atoms with E-state index in [4.69, 9.17) is 23.2 Å². The van der Waals surface area contributed by atoms with Crippen molar-refractivity contribution in [1.29, 1.82) is 0 Å². The normalized spacial score (nSPS) is 18.6. The average Bonchev–Trinajstić information content (AvgIpc) is 2.94. The number of hydrogen-bond acceptors (Lipinski definition) is 2. The van der Waals surface area contributed by atoms with Crippen molar-refractivity contribution in [2.75, 3.05) is 13.1 Å². The molecular formula is C15H20Cl3FN2O. The molecule has 2 unspecified atom stereocenters. The van der Waals surface area contributed by atoms with Gasteiger partial charge in [0.25, 0.3) is 0 Å². The molecule has 1 aliphatic heterocycles. The zero-order valence-electron chi connectivity index (χ0n) is 12.3. The van der Waals surface area contributed by atoms with Gasteiger partial charge in [-0.2, -0.15) is 0 Å². The second kappa shape index (κ2) is 8.92. The molecule has 3 nitrogen and oxygen atoms in total. The van der Waals surface area contributed by atoms with E-state index in [1.165, 1.54) is 12.1 Å². The minimum Gasteiger partial charge on any atom is -0.349 e. The van der Waals surface area contributed by atoms with Gasteiger partial charge in [-0.3, -0.25) is 4.79 Å². The largest absolute Gasteiger partial charge is 0.349 e. The van der Waals surface area contributed by atoms with Crippen molar-refractivity contribution in [2.45, 2.75) is 32.2 Å². The van der Waals surface area contributed by atoms with Crippen LogP contribution in [0.1, 0.15) is 37.8 Å². The molecule has 1 aromatic rings. The molecule has 0 aromatic heterocycles. The monoisotopic (exact) mass is 368 g/mol. The summed E-state index contributed by atoms with van der Waals surface area (Å²) in [5, 5.41) is 6.43. The summed E-state index contributed by atoms with van der Waals surface area (Å²) in [6, 6.07) is 2.25. The van der Waals surface area contributed by atoms with Crippen LogP contribution in [-0.4, -0.2) is 19.0 Å². The van der Waals surface area contributed by atoms with Crippen LogP contribution in [0.2, 0.25) is 10.0 Å². The van der Waals surface area contributed by atoms with Gasteiger partial charge >= 0.3 is 0 Å². The molecule has 1 fully saturated rings. The lowest BCUT2D eigenvalue weighted by molar-refractivity contribution is -0.122. The van der Waals surface area contributed by atoms with Gasteiger partial charge in [0.1, 0.15) is 5.82 Å². The van der Waals surface area contributed by atoms with Gasteiger partial charge in [0, 0.05) is 17.0 Å². The minimum atomic E-state index is -0.533. The summed E-state index contributed by atoms with van der Waals surface area (Å²) in [5.41, 5.74) is 0.425. The van der Waals surface area contributed by atoms with Gasteiger partial charge in [-0.1, -0.05) is 23.2 Å². The molecule has 0 aliphatic carbocycles. The Hall–Kier alpha value is -0.550. The Kier molecular flexibility index (Phi) is 7.90. The van der Waals surface area contributed by atoms with Gasteiger partial charge < -0.3 is 10.6 Å². The van der Waals surface area contributed by atoms with Gasteiger partial charge in [-0.15, -0.1) is 12.4 Å². The smallest absolute Gasteiger partial charge is 0.220 e. The number of carbonyl (C=O) groups is 1. The van der Waals surface area contributed by atoms with E-state index in [0.717, 1.165) is 25.9 Å². The number of amides is 1. The van der Waals surface area contributed by atoms with Gasteiger partial charge in [0.15, 0.2) is 0 Å². The second-order valence-electron chi connectivity index (χ2n) is 5.44. The van der Waals surface area contributed by atoms with Gasteiger partial charge in [0.05, 0.1) is 11.1 Å². The maximum Gasteiger partial charge on any atom is 0.220 e. The molecule has 0 radical (unpaired) electrons. The predicted octanol–water partition coefficient (Wildman–Crippen LogP) is 4.12. The molecule has 0 saturated carbocycles. The standard InChI is InChI=1S/C15H19Cl2FN2O.ClH/c1-9(14-11(16)3-4-12(18)15(14)17)20-13(21)5-2-10-6-7-19-8-10;/h3-4,9-10,19H,2,5-8H2,1H3,(H,20,21);1H. The van der Waals surface area contributed by atoms with Crippen molar-refractivity contribution in [3.05, 3.63) is 33.6 Å². The topological polar surface area (TPSA) is 41.1 Å². The van der Waals surface area contributed by atoms with Crippen LogP contribution >= 0.6 is 35.6 Å². The van der Waals surface area contributed by atoms with Crippen LogP contribution in [0.15, 0.2) is 12.1 Å². The summed E-state index contributed by atoms with van der Waals surface area (Å²) in [6.07, 6.45) is 2.43. The number of rotatable bonds is 5. The summed E-state index contributed by atoms with van der Waals surface area (Å²) in [4.78, 5) is 12.0. The summed E-state index contributed by atoms with van der Waals surface area (Å²) in [5.74, 6) is -0.0348. The van der Waals surface area contributed by atoms with Crippen LogP contribution in [-0.2, 0) is 4.79 Å². The zero-order valence-corrected chi connectivity index (χ0v) is 14.6. The predicted molar refractivity (Wildman–Crippen MR) is 90.4 cm³/mol. The Labute approximate surface area is 146 Å². The first kappa shape index (κ1) is 19.5. The minimum absolute atomic E-state index is 0. The van der Waals surface area contributed by atoms with Crippen molar-refractivity contribution >= 4 is 41.5 Å². The summed E-state index contributed by atoms with van der Waals surface area (Å²) >= 11 is 12.0. The van der Waals surface area contributed by atoms with Gasteiger partial charge in [-0.05, 0) is 50.9 Å². The van der Waals surface area contributed by atoms with Crippen LogP contribution in [0.4, 0.5) is 4.39 Å². The van der Waals surface area contributed by atoms with Crippen LogP contribution in [0.5, 0.6) is 0 Å². The molecule has 0 spiro atoms. The fourth-order valence-electron chi connectivity index (χ4n) is 2.62. The van der Waals surface area contributed by atoms with Crippen molar-refractivity contribution in [3.63, 3.8) is 0 Å². The van der Waals surface area contributed by atoms with E-state index >= 15 is 0 Å². The van der Waals surface area contributed by atoms with E-state index in [2.05, 4.69) is 10.6 Å². The summed E-state index contributed by atoms with van der Waals surface area (Å²) < 4.78 is 13.5. The number of hydrogen-bond donors (Lipinski definition) is 2. The Morgan fingerprint density at radius 2 is 2.23 bits per heavy atom. The molecule has 2 rings (SSSR count). The van der Waals surface area contributed by atoms with Crippen LogP contribution < -0.4 is 10.6 Å². The third-order valence-electron chi connectivity index (χ3n) is 3.83. The van der Waals surface area contributed by atoms with Crippen molar-refractivity contribution < 1.29 is 9.18 Å². The number of carbonyl (C=O) groups excluding carboxylic acids is 1. The van der Waals surface area contributed by atoms with E-state index in [0.29, 0.717) is 22.9 Å². The first-order chi connectivity index (χ1) is 9.99. The van der Waals surface area contributed by atoms with Crippen molar-refractivity contribution in [2.24, 2.45) is 5.92 Å². The third kappa shape index (κ3) is 4.98. The fraction of sp³-hybridized carbons (Fsp3) is 0.533. The van der Waals surface area contributed by atoms with E-state index in [-0.39, 0.29) is 23.3 Å². The van der Waals surface area contributed by atoms with Crippen LogP contribution in [0, 0.1) is 11.7 Å². The summed E-state index contributed by atoms with van der Waals surface area (Å²) in [6.45, 7) is 3.75. The first-order valence-electron chi connectivity index (χ1n) is 7.12. The molecular weight excluding hydrogens is 350 g/mol. The lowest BCUT2D eigenvalue weighted by Gasteiger charge is -2.18. The Balaban J connectivity index is 0.00000242. The van der Waals surface area contributed by atoms with E-state index in [9.17, 15) is 9.18 Å². The first-order valence-corrected chi connectivity index (χ1v) is 7.88. The molecule has 22 heavy (non-hydrogen) atoms. The van der Waals surface area contributed by atoms with E-state index in [1.54, 1.807) is 6.92 Å². The Morgan fingerprint density at radius 1 is 1.50 bits per heavy atom. The van der Waals surface area contributed by atoms with E-state index < -0.39 is 11.9 Å². The number of nitrogens with one attached hydrogen (secondary N) is 2. The highest BCUT2D eigenvalue weighted by Crippen LogP contribution is 2.32. The molecule has 1 aliphatic rings. The number of benzene rings is 1. The Morgan fingerprint density at radius 3 is 2.86 bits per heavy atom. The van der Waals surface area contributed by atoms with E-state index in [1.807, 2.05) is 0 Å². The quantitative estimate of drug-likeness (QED) is 0.767. The third-order valence-corrected chi connectivity index (χ3v) is 4.55. The van der Waals surface area contributed by atoms with Gasteiger partial charge in [0.2, 0.25) is 5.91 Å².